The fraction of sp³-hybridized carbons (Fsp3) is 0.300. The molecule has 0 aliphatic rings. The Morgan fingerprint density at radius 3 is 2.65 bits per heavy atom. The summed E-state index contributed by atoms with van der Waals surface area (Å²) >= 11 is 0. The molecule has 0 unspecified atom stereocenters. The van der Waals surface area contributed by atoms with Crippen molar-refractivity contribution in [2.75, 3.05) is 18.6 Å². The van der Waals surface area contributed by atoms with Crippen LogP contribution in [0.25, 0.3) is 0 Å². The van der Waals surface area contributed by atoms with E-state index in [0.29, 0.717) is 0 Å². The number of hydrogen-bond donors (Lipinski definition) is 2. The summed E-state index contributed by atoms with van der Waals surface area (Å²) in [5, 5.41) is 11.6. The molecule has 0 radical (unpaired) electrons. The first-order chi connectivity index (χ1) is 7.79. The first kappa shape index (κ1) is 13.4. The molecule has 0 aliphatic heterocycles. The van der Waals surface area contributed by atoms with Crippen molar-refractivity contribution >= 4 is 15.7 Å². The number of carbonyl (C=O) groups excluding carboxylic acids is 1. The molecular weight excluding hydrogens is 249 g/mol. The summed E-state index contributed by atoms with van der Waals surface area (Å²) in [6.45, 7) is -0.0610. The summed E-state index contributed by atoms with van der Waals surface area (Å²) in [4.78, 5) is 11.5. The van der Waals surface area contributed by atoms with Gasteiger partial charge in [-0.05, 0) is 12.1 Å². The number of nitrogens with one attached hydrogen (secondary N) is 1. The molecule has 0 spiro atoms. The largest absolute Gasteiger partial charge is 0.507 e. The molecule has 0 aliphatic carbocycles. The number of amides is 1. The summed E-state index contributed by atoms with van der Waals surface area (Å²) in [6, 6.07) is 2.97. The monoisotopic (exact) mass is 261 g/mol. The third-order valence-corrected chi connectivity index (χ3v) is 2.91. The smallest absolute Gasteiger partial charge is 0.255 e. The maximum absolute atomic E-state index is 12.6. The maximum Gasteiger partial charge on any atom is 0.255 e. The van der Waals surface area contributed by atoms with Crippen LogP contribution in [0.3, 0.4) is 0 Å². The molecule has 0 aromatic heterocycles. The highest BCUT2D eigenvalue weighted by Crippen LogP contribution is 2.17. The number of hydrogen-bond acceptors (Lipinski definition) is 4. The quantitative estimate of drug-likeness (QED) is 0.817. The fourth-order valence-electron chi connectivity index (χ4n) is 1.14. The Kier molecular flexibility index (Phi) is 4.06. The Labute approximate surface area is 98.2 Å². The van der Waals surface area contributed by atoms with Gasteiger partial charge < -0.3 is 10.4 Å². The van der Waals surface area contributed by atoms with Crippen LogP contribution in [0.1, 0.15) is 10.4 Å². The van der Waals surface area contributed by atoms with E-state index in [1.807, 2.05) is 0 Å². The zero-order chi connectivity index (χ0) is 13.1. The van der Waals surface area contributed by atoms with Crippen LogP contribution in [0.2, 0.25) is 0 Å². The van der Waals surface area contributed by atoms with Crippen LogP contribution in [0.5, 0.6) is 5.75 Å². The Morgan fingerprint density at radius 2 is 2.12 bits per heavy atom. The van der Waals surface area contributed by atoms with E-state index in [9.17, 15) is 22.7 Å². The van der Waals surface area contributed by atoms with E-state index >= 15 is 0 Å². The first-order valence-corrected chi connectivity index (χ1v) is 6.80. The van der Waals surface area contributed by atoms with Gasteiger partial charge >= 0.3 is 0 Å². The highest BCUT2D eigenvalue weighted by molar-refractivity contribution is 7.90. The number of phenolic OH excluding ortho intramolecular Hbond substituents is 1. The van der Waals surface area contributed by atoms with Crippen LogP contribution in [0.15, 0.2) is 18.2 Å². The number of rotatable bonds is 4. The lowest BCUT2D eigenvalue weighted by molar-refractivity contribution is 0.0953. The molecule has 1 rings (SSSR count). The van der Waals surface area contributed by atoms with Crippen molar-refractivity contribution in [1.29, 1.82) is 0 Å². The SMILES string of the molecule is CS(=O)(=O)CCNC(=O)c1ccc(F)cc1O. The van der Waals surface area contributed by atoms with Crippen molar-refractivity contribution in [1.82, 2.24) is 5.32 Å². The van der Waals surface area contributed by atoms with Gasteiger partial charge in [0.25, 0.3) is 5.91 Å². The van der Waals surface area contributed by atoms with Gasteiger partial charge in [0, 0.05) is 18.9 Å². The van der Waals surface area contributed by atoms with Gasteiger partial charge in [-0.25, -0.2) is 12.8 Å². The van der Waals surface area contributed by atoms with Gasteiger partial charge in [-0.1, -0.05) is 0 Å². The number of halogens is 1. The number of sulfone groups is 1. The van der Waals surface area contributed by atoms with E-state index in [-0.39, 0.29) is 17.9 Å². The van der Waals surface area contributed by atoms with Crippen LogP contribution >= 0.6 is 0 Å². The number of benzene rings is 1. The minimum absolute atomic E-state index is 0.0610. The predicted molar refractivity (Wildman–Crippen MR) is 60.1 cm³/mol. The van der Waals surface area contributed by atoms with Crippen molar-refractivity contribution < 1.29 is 22.7 Å². The normalized spacial score (nSPS) is 11.2. The van der Waals surface area contributed by atoms with Gasteiger partial charge in [0.15, 0.2) is 0 Å². The third kappa shape index (κ3) is 4.39. The number of carbonyl (C=O) groups is 1. The van der Waals surface area contributed by atoms with Gasteiger partial charge in [0.05, 0.1) is 11.3 Å². The van der Waals surface area contributed by atoms with Gasteiger partial charge in [-0.3, -0.25) is 4.79 Å². The molecule has 0 saturated heterocycles. The third-order valence-electron chi connectivity index (χ3n) is 1.96. The van der Waals surface area contributed by atoms with Crippen LogP contribution in [0.4, 0.5) is 4.39 Å². The second-order valence-corrected chi connectivity index (χ2v) is 5.81. The van der Waals surface area contributed by atoms with E-state index in [0.717, 1.165) is 24.5 Å². The van der Waals surface area contributed by atoms with Crippen LogP contribution < -0.4 is 5.32 Å². The van der Waals surface area contributed by atoms with Gasteiger partial charge in [-0.15, -0.1) is 0 Å². The maximum atomic E-state index is 12.6. The van der Waals surface area contributed by atoms with Crippen molar-refractivity contribution in [3.05, 3.63) is 29.6 Å². The molecule has 1 amide bonds. The molecule has 1 aromatic carbocycles. The molecule has 94 valence electrons. The summed E-state index contributed by atoms with van der Waals surface area (Å²) in [6.07, 6.45) is 1.05. The van der Waals surface area contributed by atoms with Gasteiger partial charge in [-0.2, -0.15) is 0 Å². The molecule has 1 aromatic rings. The van der Waals surface area contributed by atoms with Gasteiger partial charge in [0.1, 0.15) is 21.4 Å². The zero-order valence-electron chi connectivity index (χ0n) is 9.10. The van der Waals surface area contributed by atoms with E-state index < -0.39 is 27.3 Å². The summed E-state index contributed by atoms with van der Waals surface area (Å²) in [5.74, 6) is -1.98. The molecular formula is C10H12FNO4S. The lowest BCUT2D eigenvalue weighted by Crippen LogP contribution is -2.28. The van der Waals surface area contributed by atoms with E-state index in [2.05, 4.69) is 5.32 Å². The van der Waals surface area contributed by atoms with Crippen molar-refractivity contribution in [3.8, 4) is 5.75 Å². The topological polar surface area (TPSA) is 83.5 Å². The van der Waals surface area contributed by atoms with E-state index in [1.165, 1.54) is 0 Å². The average molecular weight is 261 g/mol. The first-order valence-electron chi connectivity index (χ1n) is 4.74. The van der Waals surface area contributed by atoms with Gasteiger partial charge in [0.2, 0.25) is 0 Å². The highest BCUT2D eigenvalue weighted by Gasteiger charge is 2.12. The van der Waals surface area contributed by atoms with Crippen molar-refractivity contribution in [3.63, 3.8) is 0 Å². The fourth-order valence-corrected chi connectivity index (χ4v) is 1.61. The number of aromatic hydroxyl groups is 1. The molecule has 0 bridgehead atoms. The molecule has 2 N–H and O–H groups in total. The second-order valence-electron chi connectivity index (χ2n) is 3.55. The molecule has 0 saturated carbocycles. The molecule has 7 heteroatoms. The zero-order valence-corrected chi connectivity index (χ0v) is 9.92. The Morgan fingerprint density at radius 1 is 1.47 bits per heavy atom. The Hall–Kier alpha value is -1.63. The lowest BCUT2D eigenvalue weighted by atomic mass is 10.2. The summed E-state index contributed by atoms with van der Waals surface area (Å²) in [7, 11) is -3.16. The molecule has 0 fully saturated rings. The van der Waals surface area contributed by atoms with Crippen LogP contribution in [-0.2, 0) is 9.84 Å². The molecule has 17 heavy (non-hydrogen) atoms. The highest BCUT2D eigenvalue weighted by atomic mass is 32.2. The minimum atomic E-state index is -3.16. The molecule has 0 atom stereocenters. The van der Waals surface area contributed by atoms with E-state index in [4.69, 9.17) is 0 Å². The van der Waals surface area contributed by atoms with Crippen LogP contribution in [0, 0.1) is 5.82 Å². The second kappa shape index (κ2) is 5.13. The minimum Gasteiger partial charge on any atom is -0.507 e. The van der Waals surface area contributed by atoms with E-state index in [1.54, 1.807) is 0 Å². The lowest BCUT2D eigenvalue weighted by Gasteiger charge is -2.06. The van der Waals surface area contributed by atoms with Crippen LogP contribution in [-0.4, -0.2) is 38.0 Å². The Balaban J connectivity index is 2.65. The Bertz CT molecular complexity index is 527. The van der Waals surface area contributed by atoms with Crippen molar-refractivity contribution in [2.45, 2.75) is 0 Å². The predicted octanol–water partition coefficient (Wildman–Crippen LogP) is 0.306. The summed E-state index contributed by atoms with van der Waals surface area (Å²) in [5.41, 5.74) is -0.0973. The van der Waals surface area contributed by atoms with Crippen molar-refractivity contribution in [2.24, 2.45) is 0 Å². The summed E-state index contributed by atoms with van der Waals surface area (Å²) < 4.78 is 34.3. The molecule has 0 heterocycles. The average Bonchev–Trinajstić information content (AvgIpc) is 2.15. The number of phenols is 1. The molecule has 5 nitrogen and oxygen atoms in total. The standard InChI is InChI=1S/C10H12FNO4S/c1-17(15,16)5-4-12-10(14)8-3-2-7(11)6-9(8)13/h2-3,6,13H,4-5H2,1H3,(H,12,14).